The molecule has 0 saturated heterocycles. The normalized spacial score (nSPS) is 10.9. The fourth-order valence-corrected chi connectivity index (χ4v) is 0.864. The van der Waals surface area contributed by atoms with Crippen molar-refractivity contribution >= 4 is 14.5 Å². The molecule has 12 heteroatoms. The zero-order valence-corrected chi connectivity index (χ0v) is 10.8. The van der Waals surface area contributed by atoms with Crippen LogP contribution in [0.2, 0.25) is 0 Å². The Morgan fingerprint density at radius 1 is 0.600 bits per heavy atom. The molecule has 1 aromatic heterocycles. The van der Waals surface area contributed by atoms with Gasteiger partial charge in [0.25, 0.3) is 0 Å². The first kappa shape index (κ1) is 21.0. The maximum absolute atomic E-state index is 9.75. The summed E-state index contributed by atoms with van der Waals surface area (Å²) in [6.45, 7) is 6.36. The van der Waals surface area contributed by atoms with Crippen LogP contribution in [0.5, 0.6) is 0 Å². The van der Waals surface area contributed by atoms with Crippen molar-refractivity contribution in [2.75, 3.05) is 0 Å². The monoisotopic (exact) mass is 312 g/mol. The van der Waals surface area contributed by atoms with Crippen molar-refractivity contribution in [3.63, 3.8) is 0 Å². The Labute approximate surface area is 111 Å². The highest BCUT2D eigenvalue weighted by Crippen LogP contribution is 2.07. The molecule has 0 unspecified atom stereocenters. The van der Waals surface area contributed by atoms with Crippen LogP contribution in [-0.2, 0) is 13.1 Å². The molecule has 0 amide bonds. The molecule has 0 aromatic carbocycles. The largest absolute Gasteiger partial charge is 0.673 e. The molecule has 1 rings (SSSR count). The smallest absolute Gasteiger partial charge is 0.418 e. The summed E-state index contributed by atoms with van der Waals surface area (Å²) < 4.78 is 82.3. The first-order valence-corrected chi connectivity index (χ1v) is 5.49. The van der Waals surface area contributed by atoms with Gasteiger partial charge in [-0.05, 0) is 13.8 Å². The van der Waals surface area contributed by atoms with Crippen molar-refractivity contribution in [3.05, 3.63) is 24.8 Å². The summed E-state index contributed by atoms with van der Waals surface area (Å²) in [6, 6.07) is 0. The van der Waals surface area contributed by atoms with Crippen molar-refractivity contribution in [3.8, 4) is 0 Å². The average molecular weight is 312 g/mol. The van der Waals surface area contributed by atoms with Crippen LogP contribution in [0.25, 0.3) is 0 Å². The zero-order chi connectivity index (χ0) is 16.4. The van der Waals surface area contributed by atoms with Crippen LogP contribution in [0.4, 0.5) is 34.5 Å². The van der Waals surface area contributed by atoms with Crippen LogP contribution in [0.15, 0.2) is 24.8 Å². The molecule has 0 radical (unpaired) electrons. The van der Waals surface area contributed by atoms with Crippen molar-refractivity contribution in [1.29, 1.82) is 0 Å². The van der Waals surface area contributed by atoms with E-state index in [0.717, 1.165) is 13.1 Å². The van der Waals surface area contributed by atoms with Gasteiger partial charge in [-0.2, -0.15) is 9.13 Å². The van der Waals surface area contributed by atoms with E-state index in [-0.39, 0.29) is 0 Å². The molecule has 118 valence electrons. The molecule has 2 nitrogen and oxygen atoms in total. The fourth-order valence-electron chi connectivity index (χ4n) is 0.864. The summed E-state index contributed by atoms with van der Waals surface area (Å²) in [5.41, 5.74) is 0. The summed E-state index contributed by atoms with van der Waals surface area (Å²) in [4.78, 5) is 0. The number of aryl methyl sites for hydroxylation is 2. The SMILES string of the molecule is CC[n+]1cc[n+](CC)cc1.F[B-](F)(F)F.F[B-](F)(F)F. The average Bonchev–Trinajstić information content (AvgIpc) is 2.25. The molecule has 0 aliphatic carbocycles. The highest BCUT2D eigenvalue weighted by Gasteiger charge is 2.21. The summed E-state index contributed by atoms with van der Waals surface area (Å²) >= 11 is 0. The lowest BCUT2D eigenvalue weighted by atomic mass is 10.3. The fraction of sp³-hybridized carbons (Fsp3) is 0.500. The van der Waals surface area contributed by atoms with Gasteiger partial charge in [0.2, 0.25) is 24.8 Å². The molecule has 0 bridgehead atoms. The summed E-state index contributed by atoms with van der Waals surface area (Å²) in [6.07, 6.45) is 8.35. The van der Waals surface area contributed by atoms with Crippen molar-refractivity contribution in [2.45, 2.75) is 26.9 Å². The number of nitrogens with zero attached hydrogens (tertiary/aromatic N) is 2. The third-order valence-electron chi connectivity index (χ3n) is 1.63. The van der Waals surface area contributed by atoms with Gasteiger partial charge in [0.05, 0.1) is 0 Å². The van der Waals surface area contributed by atoms with E-state index in [0.29, 0.717) is 0 Å². The van der Waals surface area contributed by atoms with Gasteiger partial charge in [0.1, 0.15) is 13.1 Å². The summed E-state index contributed by atoms with van der Waals surface area (Å²) in [5.74, 6) is 0. The molecular formula is C8H14B2F8N2. The van der Waals surface area contributed by atoms with E-state index in [1.807, 2.05) is 0 Å². The number of hydrogen-bond acceptors (Lipinski definition) is 0. The van der Waals surface area contributed by atoms with E-state index in [1.54, 1.807) is 0 Å². The maximum atomic E-state index is 9.75. The first-order valence-electron chi connectivity index (χ1n) is 5.49. The molecular weight excluding hydrogens is 298 g/mol. The summed E-state index contributed by atoms with van der Waals surface area (Å²) in [5, 5.41) is 0. The van der Waals surface area contributed by atoms with Gasteiger partial charge >= 0.3 is 14.5 Å². The van der Waals surface area contributed by atoms with Gasteiger partial charge in [0, 0.05) is 0 Å². The quantitative estimate of drug-likeness (QED) is 0.451. The van der Waals surface area contributed by atoms with Crippen LogP contribution < -0.4 is 9.13 Å². The summed E-state index contributed by atoms with van der Waals surface area (Å²) in [7, 11) is -12.0. The minimum atomic E-state index is -6.00. The van der Waals surface area contributed by atoms with Gasteiger partial charge in [-0.25, -0.2) is 0 Å². The number of aromatic nitrogens is 2. The number of rotatable bonds is 2. The van der Waals surface area contributed by atoms with E-state index in [1.165, 1.54) is 0 Å². The molecule has 1 heterocycles. The van der Waals surface area contributed by atoms with Crippen LogP contribution in [0, 0.1) is 0 Å². The van der Waals surface area contributed by atoms with Gasteiger partial charge in [-0.15, -0.1) is 0 Å². The van der Waals surface area contributed by atoms with Crippen molar-refractivity contribution < 1.29 is 43.7 Å². The van der Waals surface area contributed by atoms with E-state index in [4.69, 9.17) is 0 Å². The molecule has 0 atom stereocenters. The molecule has 0 N–H and O–H groups in total. The molecule has 0 aliphatic rings. The molecule has 0 fully saturated rings. The van der Waals surface area contributed by atoms with Gasteiger partial charge in [0.15, 0.2) is 0 Å². The lowest BCUT2D eigenvalue weighted by molar-refractivity contribution is -0.747. The van der Waals surface area contributed by atoms with Gasteiger partial charge in [-0.1, -0.05) is 0 Å². The molecule has 1 aromatic rings. The van der Waals surface area contributed by atoms with E-state index in [2.05, 4.69) is 47.8 Å². The zero-order valence-electron chi connectivity index (χ0n) is 10.8. The highest BCUT2D eigenvalue weighted by atomic mass is 19.5. The van der Waals surface area contributed by atoms with Crippen molar-refractivity contribution in [2.24, 2.45) is 0 Å². The third kappa shape index (κ3) is 25.5. The van der Waals surface area contributed by atoms with Crippen LogP contribution in [-0.4, -0.2) is 14.5 Å². The van der Waals surface area contributed by atoms with Crippen molar-refractivity contribution in [1.82, 2.24) is 0 Å². The predicted octanol–water partition coefficient (Wildman–Crippen LogP) is 2.90. The maximum Gasteiger partial charge on any atom is 0.673 e. The molecule has 0 spiro atoms. The van der Waals surface area contributed by atoms with Gasteiger partial charge in [-0.3, -0.25) is 0 Å². The Kier molecular flexibility index (Phi) is 9.99. The molecule has 20 heavy (non-hydrogen) atoms. The Balaban J connectivity index is 0. The Morgan fingerprint density at radius 3 is 0.850 bits per heavy atom. The Morgan fingerprint density at radius 2 is 0.750 bits per heavy atom. The van der Waals surface area contributed by atoms with Gasteiger partial charge < -0.3 is 34.5 Å². The van der Waals surface area contributed by atoms with E-state index < -0.39 is 14.5 Å². The third-order valence-corrected chi connectivity index (χ3v) is 1.63. The molecule has 0 aliphatic heterocycles. The number of hydrogen-bond donors (Lipinski definition) is 0. The minimum absolute atomic E-state index is 1.05. The molecule has 0 saturated carbocycles. The second-order valence-electron chi connectivity index (χ2n) is 3.25. The topological polar surface area (TPSA) is 7.76 Å². The van der Waals surface area contributed by atoms with Crippen LogP contribution >= 0.6 is 0 Å². The second-order valence-corrected chi connectivity index (χ2v) is 3.25. The lowest BCUT2D eigenvalue weighted by Gasteiger charge is -1.94. The standard InChI is InChI=1S/C8H14N2.2BF4/c1-3-9-5-7-10(4-2)8-6-9;2*2-1(3,4)5/h5-8H,3-4H2,1-2H3;;/q+2;2*-1. The Hall–Kier alpha value is -1.35. The van der Waals surface area contributed by atoms with E-state index in [9.17, 15) is 34.5 Å². The van der Waals surface area contributed by atoms with Crippen LogP contribution in [0.1, 0.15) is 13.8 Å². The van der Waals surface area contributed by atoms with Crippen LogP contribution in [0.3, 0.4) is 0 Å². The van der Waals surface area contributed by atoms with E-state index >= 15 is 0 Å². The second kappa shape index (κ2) is 9.54. The Bertz CT molecular complexity index is 304. The predicted molar refractivity (Wildman–Crippen MR) is 58.6 cm³/mol. The highest BCUT2D eigenvalue weighted by molar-refractivity contribution is 6.50. The number of halogens is 8. The first-order chi connectivity index (χ1) is 8.86. The lowest BCUT2D eigenvalue weighted by Crippen LogP contribution is -2.40. The minimum Gasteiger partial charge on any atom is -0.418 e.